The van der Waals surface area contributed by atoms with Gasteiger partial charge in [0.15, 0.2) is 0 Å². The Bertz CT molecular complexity index is 759. The van der Waals surface area contributed by atoms with Crippen molar-refractivity contribution in [1.29, 1.82) is 5.26 Å². The molecule has 2 aromatic rings. The summed E-state index contributed by atoms with van der Waals surface area (Å²) in [5.74, 6) is 0.489. The van der Waals surface area contributed by atoms with Crippen LogP contribution in [0.5, 0.6) is 5.75 Å². The molecule has 0 saturated heterocycles. The van der Waals surface area contributed by atoms with Crippen molar-refractivity contribution in [1.82, 2.24) is 4.90 Å². The van der Waals surface area contributed by atoms with Gasteiger partial charge in [0.2, 0.25) is 0 Å². The standard InChI is InChI=1S/C21H22N2O2/c1-3-13-25-20-11-9-17(10-12-20)14-19(15-22)21(24)23(2)16-18-7-5-4-6-8-18/h4-12,14H,3,13,16H2,1-2H3/b19-14+. The Morgan fingerprint density at radius 3 is 2.44 bits per heavy atom. The minimum Gasteiger partial charge on any atom is -0.494 e. The molecule has 0 aliphatic rings. The maximum absolute atomic E-state index is 12.5. The summed E-state index contributed by atoms with van der Waals surface area (Å²) in [7, 11) is 1.70. The van der Waals surface area contributed by atoms with E-state index in [2.05, 4.69) is 0 Å². The van der Waals surface area contributed by atoms with Gasteiger partial charge in [-0.1, -0.05) is 49.4 Å². The third-order valence-corrected chi connectivity index (χ3v) is 3.62. The van der Waals surface area contributed by atoms with Crippen LogP contribution in [0.15, 0.2) is 60.2 Å². The van der Waals surface area contributed by atoms with Gasteiger partial charge in [-0.3, -0.25) is 4.79 Å². The van der Waals surface area contributed by atoms with Gasteiger partial charge in [-0.2, -0.15) is 5.26 Å². The van der Waals surface area contributed by atoms with Crippen molar-refractivity contribution in [3.63, 3.8) is 0 Å². The predicted molar refractivity (Wildman–Crippen MR) is 98.7 cm³/mol. The van der Waals surface area contributed by atoms with Crippen LogP contribution in [0, 0.1) is 11.3 Å². The van der Waals surface area contributed by atoms with Gasteiger partial charge in [0.25, 0.3) is 5.91 Å². The number of nitriles is 1. The van der Waals surface area contributed by atoms with Gasteiger partial charge in [-0.05, 0) is 35.8 Å². The number of benzene rings is 2. The van der Waals surface area contributed by atoms with Crippen molar-refractivity contribution in [2.45, 2.75) is 19.9 Å². The Labute approximate surface area is 149 Å². The lowest BCUT2D eigenvalue weighted by Crippen LogP contribution is -2.27. The Balaban J connectivity index is 2.08. The molecular weight excluding hydrogens is 312 g/mol. The lowest BCUT2D eigenvalue weighted by molar-refractivity contribution is -0.125. The van der Waals surface area contributed by atoms with E-state index in [0.29, 0.717) is 13.2 Å². The molecule has 0 atom stereocenters. The molecular formula is C21H22N2O2. The number of ether oxygens (including phenoxy) is 1. The molecule has 128 valence electrons. The van der Waals surface area contributed by atoms with Crippen LogP contribution in [0.25, 0.3) is 6.08 Å². The monoisotopic (exact) mass is 334 g/mol. The Kier molecular flexibility index (Phi) is 6.79. The van der Waals surface area contributed by atoms with Crippen LogP contribution >= 0.6 is 0 Å². The molecule has 0 spiro atoms. The maximum Gasteiger partial charge on any atom is 0.264 e. The fraction of sp³-hybridized carbons (Fsp3) is 0.238. The maximum atomic E-state index is 12.5. The van der Waals surface area contributed by atoms with Crippen molar-refractivity contribution < 1.29 is 9.53 Å². The molecule has 2 aromatic carbocycles. The average molecular weight is 334 g/mol. The molecule has 0 saturated carbocycles. The molecule has 0 aliphatic heterocycles. The molecule has 4 heteroatoms. The third-order valence-electron chi connectivity index (χ3n) is 3.62. The third kappa shape index (κ3) is 5.50. The van der Waals surface area contributed by atoms with E-state index >= 15 is 0 Å². The zero-order valence-corrected chi connectivity index (χ0v) is 14.6. The molecule has 0 unspecified atom stereocenters. The second kappa shape index (κ2) is 9.29. The predicted octanol–water partition coefficient (Wildman–Crippen LogP) is 4.04. The van der Waals surface area contributed by atoms with Gasteiger partial charge in [-0.15, -0.1) is 0 Å². The number of carbonyl (C=O) groups is 1. The highest BCUT2D eigenvalue weighted by Gasteiger charge is 2.14. The van der Waals surface area contributed by atoms with Crippen LogP contribution in [0.4, 0.5) is 0 Å². The number of hydrogen-bond acceptors (Lipinski definition) is 3. The van der Waals surface area contributed by atoms with Gasteiger partial charge < -0.3 is 9.64 Å². The largest absolute Gasteiger partial charge is 0.494 e. The highest BCUT2D eigenvalue weighted by molar-refractivity contribution is 6.01. The molecule has 0 aliphatic carbocycles. The van der Waals surface area contributed by atoms with Crippen molar-refractivity contribution in [2.24, 2.45) is 0 Å². The summed E-state index contributed by atoms with van der Waals surface area (Å²) in [6, 6.07) is 19.1. The van der Waals surface area contributed by atoms with Crippen LogP contribution in [0.3, 0.4) is 0 Å². The molecule has 0 bridgehead atoms. The topological polar surface area (TPSA) is 53.3 Å². The Morgan fingerprint density at radius 2 is 1.84 bits per heavy atom. The molecule has 1 amide bonds. The van der Waals surface area contributed by atoms with Crippen LogP contribution in [0.1, 0.15) is 24.5 Å². The zero-order valence-electron chi connectivity index (χ0n) is 14.6. The van der Waals surface area contributed by atoms with Gasteiger partial charge in [0, 0.05) is 13.6 Å². The molecule has 0 aromatic heterocycles. The molecule has 0 N–H and O–H groups in total. The number of rotatable bonds is 7. The minimum absolute atomic E-state index is 0.112. The van der Waals surface area contributed by atoms with Gasteiger partial charge in [-0.25, -0.2) is 0 Å². The fourth-order valence-corrected chi connectivity index (χ4v) is 2.32. The van der Waals surface area contributed by atoms with Crippen molar-refractivity contribution in [3.05, 3.63) is 71.3 Å². The lowest BCUT2D eigenvalue weighted by atomic mass is 10.1. The van der Waals surface area contributed by atoms with Crippen LogP contribution < -0.4 is 4.74 Å². The molecule has 0 fully saturated rings. The van der Waals surface area contributed by atoms with Crippen LogP contribution in [0.2, 0.25) is 0 Å². The van der Waals surface area contributed by atoms with Crippen LogP contribution in [-0.4, -0.2) is 24.5 Å². The molecule has 4 nitrogen and oxygen atoms in total. The number of amides is 1. The number of likely N-dealkylation sites (N-methyl/N-ethyl adjacent to an activating group) is 1. The van der Waals surface area contributed by atoms with Crippen LogP contribution in [-0.2, 0) is 11.3 Å². The number of carbonyl (C=O) groups excluding carboxylic acids is 1. The lowest BCUT2D eigenvalue weighted by Gasteiger charge is -2.16. The summed E-state index contributed by atoms with van der Waals surface area (Å²) < 4.78 is 5.53. The highest BCUT2D eigenvalue weighted by Crippen LogP contribution is 2.16. The quantitative estimate of drug-likeness (QED) is 0.567. The summed E-state index contributed by atoms with van der Waals surface area (Å²) in [6.45, 7) is 3.18. The first-order chi connectivity index (χ1) is 12.1. The van der Waals surface area contributed by atoms with E-state index in [1.165, 1.54) is 0 Å². The molecule has 0 heterocycles. The Hall–Kier alpha value is -3.06. The van der Waals surface area contributed by atoms with E-state index in [1.54, 1.807) is 18.0 Å². The van der Waals surface area contributed by atoms with Gasteiger partial charge >= 0.3 is 0 Å². The van der Waals surface area contributed by atoms with E-state index in [9.17, 15) is 10.1 Å². The fourth-order valence-electron chi connectivity index (χ4n) is 2.32. The zero-order chi connectivity index (χ0) is 18.1. The average Bonchev–Trinajstić information content (AvgIpc) is 2.65. The van der Waals surface area contributed by atoms with E-state index in [-0.39, 0.29) is 11.5 Å². The summed E-state index contributed by atoms with van der Waals surface area (Å²) in [5.41, 5.74) is 1.93. The summed E-state index contributed by atoms with van der Waals surface area (Å²) in [4.78, 5) is 14.0. The molecule has 2 rings (SSSR count). The van der Waals surface area contributed by atoms with E-state index in [0.717, 1.165) is 23.3 Å². The van der Waals surface area contributed by atoms with E-state index < -0.39 is 0 Å². The van der Waals surface area contributed by atoms with Crippen molar-refractivity contribution in [2.75, 3.05) is 13.7 Å². The molecule has 0 radical (unpaired) electrons. The highest BCUT2D eigenvalue weighted by atomic mass is 16.5. The number of nitrogens with zero attached hydrogens (tertiary/aromatic N) is 2. The molecule has 25 heavy (non-hydrogen) atoms. The SMILES string of the molecule is CCCOc1ccc(/C=C(\C#N)C(=O)N(C)Cc2ccccc2)cc1. The first kappa shape index (κ1) is 18.3. The summed E-state index contributed by atoms with van der Waals surface area (Å²) in [6.07, 6.45) is 2.55. The minimum atomic E-state index is -0.294. The van der Waals surface area contributed by atoms with E-state index in [4.69, 9.17) is 4.74 Å². The normalized spacial score (nSPS) is 10.8. The first-order valence-corrected chi connectivity index (χ1v) is 8.28. The summed E-state index contributed by atoms with van der Waals surface area (Å²) in [5, 5.41) is 9.35. The second-order valence-corrected chi connectivity index (χ2v) is 5.73. The Morgan fingerprint density at radius 1 is 1.16 bits per heavy atom. The van der Waals surface area contributed by atoms with Gasteiger partial charge in [0.05, 0.1) is 6.61 Å². The van der Waals surface area contributed by atoms with Crippen molar-refractivity contribution in [3.8, 4) is 11.8 Å². The van der Waals surface area contributed by atoms with Gasteiger partial charge in [0.1, 0.15) is 17.4 Å². The second-order valence-electron chi connectivity index (χ2n) is 5.73. The van der Waals surface area contributed by atoms with E-state index in [1.807, 2.05) is 67.6 Å². The smallest absolute Gasteiger partial charge is 0.264 e. The first-order valence-electron chi connectivity index (χ1n) is 8.28. The number of hydrogen-bond donors (Lipinski definition) is 0. The summed E-state index contributed by atoms with van der Waals surface area (Å²) >= 11 is 0. The van der Waals surface area contributed by atoms with Crippen molar-refractivity contribution >= 4 is 12.0 Å².